The van der Waals surface area contributed by atoms with Crippen LogP contribution in [0.2, 0.25) is 0 Å². The number of aromatic nitrogens is 2. The van der Waals surface area contributed by atoms with Gasteiger partial charge in [-0.3, -0.25) is 0 Å². The zero-order chi connectivity index (χ0) is 16.0. The average molecular weight is 301 g/mol. The summed E-state index contributed by atoms with van der Waals surface area (Å²) < 4.78 is 44.0. The summed E-state index contributed by atoms with van der Waals surface area (Å²) >= 11 is 0. The summed E-state index contributed by atoms with van der Waals surface area (Å²) in [6.07, 6.45) is -5.29. The number of nitrogen functional groups attached to an aromatic ring is 1. The molecule has 1 aromatic carbocycles. The van der Waals surface area contributed by atoms with E-state index >= 15 is 0 Å². The van der Waals surface area contributed by atoms with Crippen molar-refractivity contribution < 1.29 is 22.7 Å². The molecular weight excluding hydrogens is 287 g/mol. The second-order valence-corrected chi connectivity index (χ2v) is 5.51. The van der Waals surface area contributed by atoms with E-state index in [1.165, 1.54) is 0 Å². The molecule has 0 fully saturated rings. The van der Waals surface area contributed by atoms with Crippen molar-refractivity contribution in [2.45, 2.75) is 32.5 Å². The summed E-state index contributed by atoms with van der Waals surface area (Å²) in [5.41, 5.74) is 4.14. The fraction of sp³-hybridized carbons (Fsp3) is 0.385. The molecule has 5 nitrogen and oxygen atoms in total. The van der Waals surface area contributed by atoms with Crippen molar-refractivity contribution in [2.75, 3.05) is 5.73 Å². The van der Waals surface area contributed by atoms with Crippen molar-refractivity contribution >= 4 is 22.8 Å². The van der Waals surface area contributed by atoms with Crippen LogP contribution in [0.25, 0.3) is 10.9 Å². The molecule has 0 aliphatic carbocycles. The van der Waals surface area contributed by atoms with Crippen molar-refractivity contribution in [1.82, 2.24) is 9.78 Å². The van der Waals surface area contributed by atoms with Crippen LogP contribution in [0.4, 0.5) is 23.8 Å². The third kappa shape index (κ3) is 3.09. The standard InChI is InChI=1S/C13H14F3N3O2/c1-12(2,3)21-11(20)19-9-5-4-7(13(14,15)16)6-8(9)10(17)18-19/h4-6H,1-3H3,(H2,17,18). The Morgan fingerprint density at radius 3 is 2.43 bits per heavy atom. The van der Waals surface area contributed by atoms with Gasteiger partial charge in [-0.1, -0.05) is 0 Å². The summed E-state index contributed by atoms with van der Waals surface area (Å²) in [5, 5.41) is 3.80. The number of nitrogens with zero attached hydrogens (tertiary/aromatic N) is 2. The molecule has 2 N–H and O–H groups in total. The van der Waals surface area contributed by atoms with Gasteiger partial charge in [-0.2, -0.15) is 17.9 Å². The Hall–Kier alpha value is -2.25. The van der Waals surface area contributed by atoms with E-state index in [1.54, 1.807) is 20.8 Å². The third-order valence-corrected chi connectivity index (χ3v) is 2.60. The van der Waals surface area contributed by atoms with Gasteiger partial charge in [-0.25, -0.2) is 4.79 Å². The molecular formula is C13H14F3N3O2. The molecule has 0 unspecified atom stereocenters. The van der Waals surface area contributed by atoms with Gasteiger partial charge in [0, 0.05) is 5.39 Å². The van der Waals surface area contributed by atoms with Crippen molar-refractivity contribution in [3.05, 3.63) is 23.8 Å². The van der Waals surface area contributed by atoms with Crippen LogP contribution in [0.3, 0.4) is 0 Å². The van der Waals surface area contributed by atoms with E-state index in [0.717, 1.165) is 22.9 Å². The second-order valence-electron chi connectivity index (χ2n) is 5.51. The molecule has 0 amide bonds. The average Bonchev–Trinajstić information content (AvgIpc) is 2.63. The van der Waals surface area contributed by atoms with Gasteiger partial charge in [0.15, 0.2) is 5.82 Å². The molecule has 1 heterocycles. The van der Waals surface area contributed by atoms with Gasteiger partial charge >= 0.3 is 12.3 Å². The first-order valence-electron chi connectivity index (χ1n) is 6.08. The highest BCUT2D eigenvalue weighted by Gasteiger charge is 2.31. The van der Waals surface area contributed by atoms with Gasteiger partial charge < -0.3 is 10.5 Å². The first-order chi connectivity index (χ1) is 9.49. The number of hydrogen-bond acceptors (Lipinski definition) is 4. The predicted molar refractivity (Wildman–Crippen MR) is 70.8 cm³/mol. The molecule has 0 spiro atoms. The van der Waals surface area contributed by atoms with Crippen molar-refractivity contribution in [3.8, 4) is 0 Å². The lowest BCUT2D eigenvalue weighted by Crippen LogP contribution is -2.27. The van der Waals surface area contributed by atoms with Crippen molar-refractivity contribution in [1.29, 1.82) is 0 Å². The number of ether oxygens (including phenoxy) is 1. The minimum Gasteiger partial charge on any atom is -0.442 e. The van der Waals surface area contributed by atoms with E-state index in [2.05, 4.69) is 5.10 Å². The molecule has 2 aromatic rings. The summed E-state index contributed by atoms with van der Waals surface area (Å²) in [6.45, 7) is 5.01. The molecule has 2 rings (SSSR count). The number of alkyl halides is 3. The van der Waals surface area contributed by atoms with E-state index in [9.17, 15) is 18.0 Å². The molecule has 0 atom stereocenters. The van der Waals surface area contributed by atoms with E-state index in [4.69, 9.17) is 10.5 Å². The monoisotopic (exact) mass is 301 g/mol. The van der Waals surface area contributed by atoms with Gasteiger partial charge in [0.25, 0.3) is 0 Å². The smallest absolute Gasteiger partial charge is 0.435 e. The van der Waals surface area contributed by atoms with Crippen molar-refractivity contribution in [2.24, 2.45) is 0 Å². The van der Waals surface area contributed by atoms with E-state index in [0.29, 0.717) is 0 Å². The highest BCUT2D eigenvalue weighted by atomic mass is 19.4. The zero-order valence-corrected chi connectivity index (χ0v) is 11.7. The first-order valence-corrected chi connectivity index (χ1v) is 6.08. The Bertz CT molecular complexity index is 699. The van der Waals surface area contributed by atoms with Crippen LogP contribution >= 0.6 is 0 Å². The fourth-order valence-electron chi connectivity index (χ4n) is 1.76. The Kier molecular flexibility index (Phi) is 3.35. The Labute approximate surface area is 118 Å². The summed E-state index contributed by atoms with van der Waals surface area (Å²) in [5.74, 6) is -0.165. The van der Waals surface area contributed by atoms with Gasteiger partial charge in [0.2, 0.25) is 0 Å². The summed E-state index contributed by atoms with van der Waals surface area (Å²) in [7, 11) is 0. The Morgan fingerprint density at radius 1 is 1.29 bits per heavy atom. The highest BCUT2D eigenvalue weighted by Crippen LogP contribution is 2.33. The number of halogens is 3. The first kappa shape index (κ1) is 15.1. The van der Waals surface area contributed by atoms with E-state index in [1.807, 2.05) is 0 Å². The number of carbonyl (C=O) groups is 1. The molecule has 0 aliphatic rings. The number of nitrogens with two attached hydrogens (primary N) is 1. The Balaban J connectivity index is 2.52. The number of hydrogen-bond donors (Lipinski definition) is 1. The number of rotatable bonds is 0. The zero-order valence-electron chi connectivity index (χ0n) is 11.7. The van der Waals surface area contributed by atoms with Crippen LogP contribution in [-0.4, -0.2) is 21.5 Å². The number of fused-ring (bicyclic) bond motifs is 1. The minimum atomic E-state index is -4.49. The SMILES string of the molecule is CC(C)(C)OC(=O)n1nc(N)c2cc(C(F)(F)F)ccc21. The fourth-order valence-corrected chi connectivity index (χ4v) is 1.76. The van der Waals surface area contributed by atoms with Crippen LogP contribution in [0, 0.1) is 0 Å². The number of benzene rings is 1. The molecule has 0 radical (unpaired) electrons. The lowest BCUT2D eigenvalue weighted by atomic mass is 10.1. The molecule has 114 valence electrons. The van der Waals surface area contributed by atoms with Crippen LogP contribution in [0.15, 0.2) is 18.2 Å². The van der Waals surface area contributed by atoms with Gasteiger partial charge in [0.05, 0.1) is 11.1 Å². The van der Waals surface area contributed by atoms with Gasteiger partial charge in [-0.05, 0) is 39.0 Å². The van der Waals surface area contributed by atoms with Crippen LogP contribution in [0.1, 0.15) is 26.3 Å². The quantitative estimate of drug-likeness (QED) is 0.809. The minimum absolute atomic E-state index is 0.0516. The molecule has 1 aromatic heterocycles. The number of carbonyl (C=O) groups excluding carboxylic acids is 1. The molecule has 21 heavy (non-hydrogen) atoms. The normalized spacial score (nSPS) is 12.7. The molecule has 0 bridgehead atoms. The topological polar surface area (TPSA) is 70.1 Å². The molecule has 0 saturated heterocycles. The maximum absolute atomic E-state index is 12.7. The predicted octanol–water partition coefficient (Wildman–Crippen LogP) is 3.42. The maximum Gasteiger partial charge on any atom is 0.435 e. The molecule has 0 saturated carbocycles. The van der Waals surface area contributed by atoms with Crippen LogP contribution in [-0.2, 0) is 10.9 Å². The third-order valence-electron chi connectivity index (χ3n) is 2.60. The van der Waals surface area contributed by atoms with E-state index < -0.39 is 23.4 Å². The Morgan fingerprint density at radius 2 is 1.90 bits per heavy atom. The lowest BCUT2D eigenvalue weighted by Gasteiger charge is -2.19. The maximum atomic E-state index is 12.7. The summed E-state index contributed by atoms with van der Waals surface area (Å²) in [6, 6.07) is 2.87. The van der Waals surface area contributed by atoms with Gasteiger partial charge in [-0.15, -0.1) is 5.10 Å². The largest absolute Gasteiger partial charge is 0.442 e. The molecule has 0 aliphatic heterocycles. The van der Waals surface area contributed by atoms with Gasteiger partial charge in [0.1, 0.15) is 5.60 Å². The summed E-state index contributed by atoms with van der Waals surface area (Å²) in [4.78, 5) is 12.0. The van der Waals surface area contributed by atoms with E-state index in [-0.39, 0.29) is 16.7 Å². The van der Waals surface area contributed by atoms with Crippen LogP contribution < -0.4 is 5.73 Å². The van der Waals surface area contributed by atoms with Crippen LogP contribution in [0.5, 0.6) is 0 Å². The number of anilines is 1. The lowest BCUT2D eigenvalue weighted by molar-refractivity contribution is -0.137. The van der Waals surface area contributed by atoms with Crippen molar-refractivity contribution in [3.63, 3.8) is 0 Å². The highest BCUT2D eigenvalue weighted by molar-refractivity contribution is 5.95. The second kappa shape index (κ2) is 4.64. The molecule has 8 heteroatoms.